The molecule has 0 aliphatic carbocycles. The number of nitrogens with one attached hydrogen (secondary N) is 1. The van der Waals surface area contributed by atoms with Crippen LogP contribution in [0.25, 0.3) is 0 Å². The Morgan fingerprint density at radius 2 is 2.37 bits per heavy atom. The Morgan fingerprint density at radius 1 is 1.63 bits per heavy atom. The van der Waals surface area contributed by atoms with Crippen molar-refractivity contribution in [1.82, 2.24) is 10.2 Å². The summed E-state index contributed by atoms with van der Waals surface area (Å²) in [6.45, 7) is 0.939. The topological polar surface area (TPSA) is 123 Å². The predicted molar refractivity (Wildman–Crippen MR) is 63.0 cm³/mol. The van der Waals surface area contributed by atoms with Gasteiger partial charge in [0, 0.05) is 6.42 Å². The molecule has 0 saturated carbocycles. The molecular formula is C10H12N3O5S-. The highest BCUT2D eigenvalue weighted by Crippen LogP contribution is 2.28. The fourth-order valence-corrected chi connectivity index (χ4v) is 2.41. The smallest absolute Gasteiger partial charge is 0.296 e. The first-order valence-corrected chi connectivity index (χ1v) is 6.42. The SMILES string of the molecule is N#CSC1[CH-]N([C@H]2C[C@H](O)[C@@H](CO)O2)C(=O)NC1=O. The van der Waals surface area contributed by atoms with Crippen LogP contribution in [0.5, 0.6) is 0 Å². The van der Waals surface area contributed by atoms with Gasteiger partial charge in [0.25, 0.3) is 6.03 Å². The molecule has 2 aliphatic heterocycles. The van der Waals surface area contributed by atoms with Crippen molar-refractivity contribution in [3.05, 3.63) is 6.54 Å². The van der Waals surface area contributed by atoms with Gasteiger partial charge in [0.15, 0.2) is 0 Å². The second kappa shape index (κ2) is 5.75. The van der Waals surface area contributed by atoms with E-state index in [1.54, 1.807) is 5.40 Å². The molecule has 2 rings (SSSR count). The summed E-state index contributed by atoms with van der Waals surface area (Å²) >= 11 is 0.709. The number of imide groups is 1. The summed E-state index contributed by atoms with van der Waals surface area (Å²) in [7, 11) is 0. The summed E-state index contributed by atoms with van der Waals surface area (Å²) in [6, 6.07) is -0.671. The molecule has 2 heterocycles. The van der Waals surface area contributed by atoms with Crippen LogP contribution in [-0.4, -0.2) is 57.3 Å². The van der Waals surface area contributed by atoms with Gasteiger partial charge in [0.1, 0.15) is 17.7 Å². The zero-order chi connectivity index (χ0) is 14.0. The minimum absolute atomic E-state index is 0.132. The van der Waals surface area contributed by atoms with E-state index in [0.29, 0.717) is 11.8 Å². The van der Waals surface area contributed by atoms with E-state index in [4.69, 9.17) is 15.1 Å². The number of thioether (sulfide) groups is 1. The summed E-state index contributed by atoms with van der Waals surface area (Å²) in [6.07, 6.45) is -2.27. The number of carbonyl (C=O) groups excluding carboxylic acids is 2. The number of nitrogens with zero attached hydrogens (tertiary/aromatic N) is 2. The van der Waals surface area contributed by atoms with E-state index >= 15 is 0 Å². The molecule has 0 bridgehead atoms. The van der Waals surface area contributed by atoms with E-state index in [0.717, 1.165) is 4.90 Å². The predicted octanol–water partition coefficient (Wildman–Crippen LogP) is -1.25. The molecule has 0 aromatic heterocycles. The van der Waals surface area contributed by atoms with Crippen molar-refractivity contribution in [1.29, 1.82) is 5.26 Å². The van der Waals surface area contributed by atoms with Crippen molar-refractivity contribution in [3.63, 3.8) is 0 Å². The van der Waals surface area contributed by atoms with E-state index in [-0.39, 0.29) is 13.0 Å². The highest BCUT2D eigenvalue weighted by molar-refractivity contribution is 8.05. The fraction of sp³-hybridized carbons (Fsp3) is 0.600. The Kier molecular flexibility index (Phi) is 4.26. The van der Waals surface area contributed by atoms with Crippen LogP contribution in [0.1, 0.15) is 6.42 Å². The average Bonchev–Trinajstić information content (AvgIpc) is 2.74. The number of hydrogen-bond acceptors (Lipinski definition) is 7. The van der Waals surface area contributed by atoms with Gasteiger partial charge in [-0.05, 0) is 5.25 Å². The molecule has 19 heavy (non-hydrogen) atoms. The molecule has 8 nitrogen and oxygen atoms in total. The number of hydrogen-bond donors (Lipinski definition) is 3. The van der Waals surface area contributed by atoms with Crippen molar-refractivity contribution in [2.24, 2.45) is 0 Å². The van der Waals surface area contributed by atoms with E-state index in [2.05, 4.69) is 5.32 Å². The molecule has 0 spiro atoms. The number of rotatable bonds is 3. The average molecular weight is 286 g/mol. The molecule has 0 radical (unpaired) electrons. The second-order valence-corrected chi connectivity index (χ2v) is 5.02. The van der Waals surface area contributed by atoms with Gasteiger partial charge < -0.3 is 19.8 Å². The van der Waals surface area contributed by atoms with Crippen LogP contribution in [0.15, 0.2) is 0 Å². The molecule has 2 aliphatic rings. The number of aliphatic hydroxyl groups is 2. The quantitative estimate of drug-likeness (QED) is 0.437. The third-order valence-corrected chi connectivity index (χ3v) is 3.59. The maximum atomic E-state index is 11.7. The first-order valence-electron chi connectivity index (χ1n) is 5.54. The monoisotopic (exact) mass is 286 g/mol. The molecule has 0 aromatic rings. The Balaban J connectivity index is 2.05. The summed E-state index contributed by atoms with van der Waals surface area (Å²) < 4.78 is 5.32. The molecule has 0 aromatic carbocycles. The summed E-state index contributed by atoms with van der Waals surface area (Å²) in [5.41, 5.74) is 0. The lowest BCUT2D eigenvalue weighted by atomic mass is 10.2. The maximum absolute atomic E-state index is 11.7. The standard InChI is InChI=1S/C10H12N3O5S/c11-4-19-7-2-13(10(17)12-9(7)16)8-1-5(15)6(3-14)18-8/h2,5-8,14-15H,1,3H2,(H,12,16,17)/q-1/t5-,6+,7?,8+/m0/s1. The van der Waals surface area contributed by atoms with Crippen LogP contribution in [0.2, 0.25) is 0 Å². The zero-order valence-electron chi connectivity index (χ0n) is 9.72. The third-order valence-electron chi connectivity index (χ3n) is 2.89. The Hall–Kier alpha value is -1.34. The van der Waals surface area contributed by atoms with Gasteiger partial charge in [-0.2, -0.15) is 5.26 Å². The lowest BCUT2D eigenvalue weighted by Gasteiger charge is -2.43. The second-order valence-electron chi connectivity index (χ2n) is 4.10. The van der Waals surface area contributed by atoms with Crippen LogP contribution in [0.4, 0.5) is 4.79 Å². The van der Waals surface area contributed by atoms with Crippen molar-refractivity contribution in [3.8, 4) is 5.40 Å². The minimum Gasteiger partial charge on any atom is -0.449 e. The highest BCUT2D eigenvalue weighted by Gasteiger charge is 2.38. The number of nitriles is 1. The molecule has 4 atom stereocenters. The summed E-state index contributed by atoms with van der Waals surface area (Å²) in [4.78, 5) is 24.3. The maximum Gasteiger partial charge on any atom is 0.296 e. The largest absolute Gasteiger partial charge is 0.449 e. The first-order chi connectivity index (χ1) is 9.06. The Labute approximate surface area is 113 Å². The first kappa shape index (κ1) is 14.1. The van der Waals surface area contributed by atoms with Crippen LogP contribution < -0.4 is 5.32 Å². The Morgan fingerprint density at radius 3 is 2.95 bits per heavy atom. The van der Waals surface area contributed by atoms with Crippen molar-refractivity contribution in [2.75, 3.05) is 6.61 Å². The number of ether oxygens (including phenoxy) is 1. The van der Waals surface area contributed by atoms with Crippen molar-refractivity contribution < 1.29 is 24.5 Å². The molecule has 3 amide bonds. The third kappa shape index (κ3) is 2.82. The highest BCUT2D eigenvalue weighted by atomic mass is 32.2. The van der Waals surface area contributed by atoms with Crippen molar-refractivity contribution >= 4 is 23.7 Å². The number of amides is 3. The molecule has 9 heteroatoms. The van der Waals surface area contributed by atoms with Crippen LogP contribution >= 0.6 is 11.8 Å². The number of urea groups is 1. The zero-order valence-corrected chi connectivity index (χ0v) is 10.5. The number of aliphatic hydroxyl groups excluding tert-OH is 2. The van der Waals surface area contributed by atoms with E-state index < -0.39 is 35.6 Å². The molecule has 2 fully saturated rings. The van der Waals surface area contributed by atoms with E-state index in [1.807, 2.05) is 0 Å². The molecule has 3 N–H and O–H groups in total. The van der Waals surface area contributed by atoms with Gasteiger partial charge in [-0.3, -0.25) is 14.9 Å². The normalized spacial score (nSPS) is 35.1. The van der Waals surface area contributed by atoms with Gasteiger partial charge in [-0.25, -0.2) is 6.54 Å². The molecule has 104 valence electrons. The van der Waals surface area contributed by atoms with Crippen molar-refractivity contribution in [2.45, 2.75) is 30.1 Å². The lowest BCUT2D eigenvalue weighted by Crippen LogP contribution is -2.56. The molecule has 2 saturated heterocycles. The van der Waals surface area contributed by atoms with E-state index in [1.165, 1.54) is 6.54 Å². The molecular weight excluding hydrogens is 274 g/mol. The summed E-state index contributed by atoms with van der Waals surface area (Å²) in [5.74, 6) is -0.565. The van der Waals surface area contributed by atoms with Crippen LogP contribution in [0, 0.1) is 17.2 Å². The van der Waals surface area contributed by atoms with Crippen LogP contribution in [-0.2, 0) is 9.53 Å². The fourth-order valence-electron chi connectivity index (χ4n) is 1.94. The molecule has 1 unspecified atom stereocenters. The van der Waals surface area contributed by atoms with Gasteiger partial charge in [0.05, 0.1) is 12.7 Å². The van der Waals surface area contributed by atoms with Crippen LogP contribution in [0.3, 0.4) is 0 Å². The van der Waals surface area contributed by atoms with Gasteiger partial charge in [-0.15, -0.1) is 0 Å². The Bertz CT molecular complexity index is 426. The number of thiocyanates is 1. The number of carbonyl (C=O) groups is 2. The van der Waals surface area contributed by atoms with Gasteiger partial charge >= 0.3 is 0 Å². The van der Waals surface area contributed by atoms with E-state index in [9.17, 15) is 14.7 Å². The summed E-state index contributed by atoms with van der Waals surface area (Å²) in [5, 5.41) is 30.3. The lowest BCUT2D eigenvalue weighted by molar-refractivity contribution is -0.121. The minimum atomic E-state index is -0.879. The van der Waals surface area contributed by atoms with Gasteiger partial charge in [-0.1, -0.05) is 11.8 Å². The van der Waals surface area contributed by atoms with Gasteiger partial charge in [0.2, 0.25) is 5.91 Å².